The summed E-state index contributed by atoms with van der Waals surface area (Å²) in [4.78, 5) is 13.1. The van der Waals surface area contributed by atoms with Gasteiger partial charge in [0.25, 0.3) is 0 Å². The fourth-order valence-corrected chi connectivity index (χ4v) is 1.23. The average molecular weight is 210 g/mol. The Balaban J connectivity index is 2.63. The smallest absolute Gasteiger partial charge is 0.226 e. The van der Waals surface area contributed by atoms with Gasteiger partial charge in [0.1, 0.15) is 5.82 Å². The summed E-state index contributed by atoms with van der Waals surface area (Å²) in [5, 5.41) is 0. The molecule has 0 spiro atoms. The van der Waals surface area contributed by atoms with Crippen LogP contribution in [0.3, 0.4) is 0 Å². The minimum atomic E-state index is -0.304. The minimum Gasteiger partial charge on any atom is -0.330 e. The zero-order chi connectivity index (χ0) is 11.3. The molecule has 0 unspecified atom stereocenters. The molecule has 0 bridgehead atoms. The molecule has 82 valence electrons. The summed E-state index contributed by atoms with van der Waals surface area (Å²) in [6.45, 7) is 0.503. The van der Waals surface area contributed by atoms with E-state index in [0.717, 1.165) is 0 Å². The normalized spacial score (nSPS) is 10.1. The number of benzene rings is 1. The molecule has 0 radical (unpaired) electrons. The van der Waals surface area contributed by atoms with Crippen LogP contribution in [0.5, 0.6) is 0 Å². The van der Waals surface area contributed by atoms with E-state index in [2.05, 4.69) is 0 Å². The Morgan fingerprint density at radius 2 is 2.00 bits per heavy atom. The van der Waals surface area contributed by atoms with Crippen LogP contribution in [0.15, 0.2) is 24.3 Å². The van der Waals surface area contributed by atoms with Crippen LogP contribution in [0.1, 0.15) is 12.8 Å². The van der Waals surface area contributed by atoms with E-state index < -0.39 is 0 Å². The van der Waals surface area contributed by atoms with Gasteiger partial charge in [-0.1, -0.05) is 0 Å². The van der Waals surface area contributed by atoms with Gasteiger partial charge in [0, 0.05) is 19.2 Å². The Hall–Kier alpha value is -1.42. The van der Waals surface area contributed by atoms with Crippen LogP contribution in [-0.4, -0.2) is 19.5 Å². The first-order valence-corrected chi connectivity index (χ1v) is 4.87. The predicted molar refractivity (Wildman–Crippen MR) is 58.1 cm³/mol. The first-order valence-electron chi connectivity index (χ1n) is 4.87. The molecule has 1 rings (SSSR count). The van der Waals surface area contributed by atoms with Crippen molar-refractivity contribution in [3.05, 3.63) is 30.1 Å². The third-order valence-corrected chi connectivity index (χ3v) is 2.18. The molecule has 2 N–H and O–H groups in total. The maximum Gasteiger partial charge on any atom is 0.226 e. The standard InChI is InChI=1S/C11H15FN2O/c1-14(11(15)3-2-8-13)10-6-4-9(12)5-7-10/h4-7H,2-3,8,13H2,1H3. The third kappa shape index (κ3) is 3.32. The summed E-state index contributed by atoms with van der Waals surface area (Å²) < 4.78 is 12.6. The maximum absolute atomic E-state index is 12.6. The van der Waals surface area contributed by atoms with Crippen LogP contribution in [-0.2, 0) is 4.79 Å². The monoisotopic (exact) mass is 210 g/mol. The quantitative estimate of drug-likeness (QED) is 0.819. The molecule has 0 fully saturated rings. The van der Waals surface area contributed by atoms with Gasteiger partial charge in [0.2, 0.25) is 5.91 Å². The van der Waals surface area contributed by atoms with Crippen molar-refractivity contribution in [2.24, 2.45) is 5.73 Å². The van der Waals surface area contributed by atoms with Gasteiger partial charge in [-0.2, -0.15) is 0 Å². The van der Waals surface area contributed by atoms with Gasteiger partial charge in [0.05, 0.1) is 0 Å². The molecule has 1 aromatic carbocycles. The molecule has 15 heavy (non-hydrogen) atoms. The van der Waals surface area contributed by atoms with Crippen molar-refractivity contribution in [3.8, 4) is 0 Å². The Bertz CT molecular complexity index is 324. The highest BCUT2D eigenvalue weighted by molar-refractivity contribution is 5.92. The molecule has 1 amide bonds. The minimum absolute atomic E-state index is 0.00735. The summed E-state index contributed by atoms with van der Waals surface area (Å²) in [7, 11) is 1.67. The number of rotatable bonds is 4. The van der Waals surface area contributed by atoms with Crippen molar-refractivity contribution in [1.82, 2.24) is 0 Å². The van der Waals surface area contributed by atoms with Crippen molar-refractivity contribution in [1.29, 1.82) is 0 Å². The summed E-state index contributed by atoms with van der Waals surface area (Å²) in [5.41, 5.74) is 6.01. The number of hydrogen-bond donors (Lipinski definition) is 1. The predicted octanol–water partition coefficient (Wildman–Crippen LogP) is 1.53. The zero-order valence-corrected chi connectivity index (χ0v) is 8.74. The van der Waals surface area contributed by atoms with E-state index in [-0.39, 0.29) is 11.7 Å². The number of carbonyl (C=O) groups is 1. The molecular formula is C11H15FN2O. The van der Waals surface area contributed by atoms with Crippen molar-refractivity contribution in [2.75, 3.05) is 18.5 Å². The van der Waals surface area contributed by atoms with Crippen molar-refractivity contribution in [2.45, 2.75) is 12.8 Å². The van der Waals surface area contributed by atoms with E-state index in [0.29, 0.717) is 25.1 Å². The lowest BCUT2D eigenvalue weighted by atomic mass is 10.2. The zero-order valence-electron chi connectivity index (χ0n) is 8.74. The number of nitrogens with zero attached hydrogens (tertiary/aromatic N) is 1. The van der Waals surface area contributed by atoms with Gasteiger partial charge in [-0.25, -0.2) is 4.39 Å². The molecule has 0 aliphatic carbocycles. The molecule has 0 aliphatic heterocycles. The van der Waals surface area contributed by atoms with E-state index in [1.54, 1.807) is 19.2 Å². The van der Waals surface area contributed by atoms with Gasteiger partial charge >= 0.3 is 0 Å². The summed E-state index contributed by atoms with van der Waals surface area (Å²) in [6, 6.07) is 5.83. The molecule has 0 aromatic heterocycles. The van der Waals surface area contributed by atoms with Crippen LogP contribution < -0.4 is 10.6 Å². The van der Waals surface area contributed by atoms with Crippen LogP contribution in [0, 0.1) is 5.82 Å². The number of carbonyl (C=O) groups excluding carboxylic acids is 1. The lowest BCUT2D eigenvalue weighted by Crippen LogP contribution is -2.26. The maximum atomic E-state index is 12.6. The molecular weight excluding hydrogens is 195 g/mol. The fourth-order valence-electron chi connectivity index (χ4n) is 1.23. The molecule has 0 atom stereocenters. The van der Waals surface area contributed by atoms with Gasteiger partial charge in [-0.3, -0.25) is 4.79 Å². The number of hydrogen-bond acceptors (Lipinski definition) is 2. The SMILES string of the molecule is CN(C(=O)CCCN)c1ccc(F)cc1. The Morgan fingerprint density at radius 3 is 2.53 bits per heavy atom. The fraction of sp³-hybridized carbons (Fsp3) is 0.364. The van der Waals surface area contributed by atoms with Gasteiger partial charge in [-0.15, -0.1) is 0 Å². The van der Waals surface area contributed by atoms with Gasteiger partial charge in [-0.05, 0) is 37.2 Å². The Labute approximate surface area is 88.7 Å². The van der Waals surface area contributed by atoms with Gasteiger partial charge in [0.15, 0.2) is 0 Å². The number of halogens is 1. The number of amides is 1. The lowest BCUT2D eigenvalue weighted by Gasteiger charge is -2.16. The van der Waals surface area contributed by atoms with Gasteiger partial charge < -0.3 is 10.6 Å². The Morgan fingerprint density at radius 1 is 1.40 bits per heavy atom. The van der Waals surface area contributed by atoms with Crippen LogP contribution in [0.4, 0.5) is 10.1 Å². The largest absolute Gasteiger partial charge is 0.330 e. The molecule has 0 saturated heterocycles. The highest BCUT2D eigenvalue weighted by Crippen LogP contribution is 2.14. The van der Waals surface area contributed by atoms with E-state index in [1.807, 2.05) is 0 Å². The highest BCUT2D eigenvalue weighted by Gasteiger charge is 2.09. The highest BCUT2D eigenvalue weighted by atomic mass is 19.1. The van der Waals surface area contributed by atoms with Crippen LogP contribution in [0.2, 0.25) is 0 Å². The topological polar surface area (TPSA) is 46.3 Å². The summed E-state index contributed by atoms with van der Waals surface area (Å²) in [5.74, 6) is -0.311. The van der Waals surface area contributed by atoms with Crippen LogP contribution in [0.25, 0.3) is 0 Å². The number of nitrogens with two attached hydrogens (primary N) is 1. The second-order valence-electron chi connectivity index (χ2n) is 3.32. The lowest BCUT2D eigenvalue weighted by molar-refractivity contribution is -0.118. The second kappa shape index (κ2) is 5.46. The van der Waals surface area contributed by atoms with E-state index in [9.17, 15) is 9.18 Å². The first-order chi connectivity index (χ1) is 7.15. The number of anilines is 1. The molecule has 4 heteroatoms. The van der Waals surface area contributed by atoms with Crippen molar-refractivity contribution in [3.63, 3.8) is 0 Å². The molecule has 3 nitrogen and oxygen atoms in total. The average Bonchev–Trinajstić information content (AvgIpc) is 2.26. The van der Waals surface area contributed by atoms with Crippen LogP contribution >= 0.6 is 0 Å². The molecule has 0 heterocycles. The van der Waals surface area contributed by atoms with E-state index in [4.69, 9.17) is 5.73 Å². The summed E-state index contributed by atoms with van der Waals surface area (Å²) in [6.07, 6.45) is 1.09. The molecule has 0 aliphatic rings. The second-order valence-corrected chi connectivity index (χ2v) is 3.32. The first kappa shape index (κ1) is 11.7. The van der Waals surface area contributed by atoms with E-state index in [1.165, 1.54) is 17.0 Å². The molecule has 1 aromatic rings. The Kier molecular flexibility index (Phi) is 4.24. The third-order valence-electron chi connectivity index (χ3n) is 2.18. The van der Waals surface area contributed by atoms with E-state index >= 15 is 0 Å². The molecule has 0 saturated carbocycles. The van der Waals surface area contributed by atoms with Crippen molar-refractivity contribution >= 4 is 11.6 Å². The summed E-state index contributed by atoms with van der Waals surface area (Å²) >= 11 is 0. The van der Waals surface area contributed by atoms with Crippen molar-refractivity contribution < 1.29 is 9.18 Å².